The molecule has 1 heterocycles. The number of nitrogens with one attached hydrogen (secondary N) is 2. The van der Waals surface area contributed by atoms with Crippen LogP contribution in [0.25, 0.3) is 0 Å². The van der Waals surface area contributed by atoms with Crippen molar-refractivity contribution in [2.75, 3.05) is 19.0 Å². The highest BCUT2D eigenvalue weighted by atomic mass is 16.5. The monoisotopic (exact) mass is 328 g/mol. The minimum absolute atomic E-state index is 0.165. The lowest BCUT2D eigenvalue weighted by Gasteiger charge is -2.09. The van der Waals surface area contributed by atoms with E-state index in [4.69, 9.17) is 4.74 Å². The van der Waals surface area contributed by atoms with Crippen LogP contribution < -0.4 is 15.4 Å². The fourth-order valence-corrected chi connectivity index (χ4v) is 2.18. The van der Waals surface area contributed by atoms with Gasteiger partial charge in [-0.1, -0.05) is 25.5 Å². The molecule has 0 fully saturated rings. The highest BCUT2D eigenvalue weighted by Crippen LogP contribution is 2.13. The summed E-state index contributed by atoms with van der Waals surface area (Å²) in [5.41, 5.74) is 1.48. The van der Waals surface area contributed by atoms with Gasteiger partial charge in [-0.05, 0) is 31.0 Å². The van der Waals surface area contributed by atoms with E-state index < -0.39 is 0 Å². The number of nitrogens with zero attached hydrogens (tertiary/aromatic N) is 2. The van der Waals surface area contributed by atoms with Gasteiger partial charge in [0.05, 0.1) is 7.11 Å². The molecular weight excluding hydrogens is 304 g/mol. The Morgan fingerprint density at radius 1 is 1.21 bits per heavy atom. The molecule has 2 rings (SSSR count). The van der Waals surface area contributed by atoms with Crippen LogP contribution >= 0.6 is 0 Å². The van der Waals surface area contributed by atoms with E-state index in [9.17, 15) is 4.79 Å². The second-order valence-electron chi connectivity index (χ2n) is 5.50. The molecular formula is C18H24N4O2. The van der Waals surface area contributed by atoms with Crippen molar-refractivity contribution in [3.8, 4) is 5.75 Å². The van der Waals surface area contributed by atoms with Crippen molar-refractivity contribution in [2.45, 2.75) is 33.2 Å². The van der Waals surface area contributed by atoms with E-state index in [1.165, 1.54) is 0 Å². The van der Waals surface area contributed by atoms with Gasteiger partial charge in [-0.2, -0.15) is 0 Å². The smallest absolute Gasteiger partial charge is 0.270 e. The van der Waals surface area contributed by atoms with Gasteiger partial charge in [-0.25, -0.2) is 9.97 Å². The number of benzene rings is 1. The summed E-state index contributed by atoms with van der Waals surface area (Å²) >= 11 is 0. The van der Waals surface area contributed by atoms with Gasteiger partial charge in [0.1, 0.15) is 23.1 Å². The molecule has 6 heteroatoms. The van der Waals surface area contributed by atoms with Gasteiger partial charge in [0, 0.05) is 19.2 Å². The van der Waals surface area contributed by atoms with Crippen molar-refractivity contribution in [1.29, 1.82) is 0 Å². The van der Waals surface area contributed by atoms with Crippen molar-refractivity contribution in [1.82, 2.24) is 15.3 Å². The molecule has 0 radical (unpaired) electrons. The SMILES string of the molecule is CCCCNC(=O)c1cc(NCc2ccc(OC)cc2)nc(C)n1. The summed E-state index contributed by atoms with van der Waals surface area (Å²) in [6.45, 7) is 5.13. The number of ether oxygens (including phenoxy) is 1. The fraction of sp³-hybridized carbons (Fsp3) is 0.389. The summed E-state index contributed by atoms with van der Waals surface area (Å²) in [6, 6.07) is 9.47. The van der Waals surface area contributed by atoms with Crippen molar-refractivity contribution in [3.05, 3.63) is 47.4 Å². The molecule has 0 aliphatic rings. The molecule has 0 saturated heterocycles. The highest BCUT2D eigenvalue weighted by molar-refractivity contribution is 5.92. The molecule has 6 nitrogen and oxygen atoms in total. The first-order valence-corrected chi connectivity index (χ1v) is 8.13. The number of aryl methyl sites for hydroxylation is 1. The summed E-state index contributed by atoms with van der Waals surface area (Å²) in [4.78, 5) is 20.7. The normalized spacial score (nSPS) is 10.3. The lowest BCUT2D eigenvalue weighted by atomic mass is 10.2. The Morgan fingerprint density at radius 2 is 1.96 bits per heavy atom. The van der Waals surface area contributed by atoms with Crippen molar-refractivity contribution in [2.24, 2.45) is 0 Å². The summed E-state index contributed by atoms with van der Waals surface area (Å²) in [7, 11) is 1.64. The van der Waals surface area contributed by atoms with Crippen LogP contribution in [0.15, 0.2) is 30.3 Å². The van der Waals surface area contributed by atoms with E-state index in [1.54, 1.807) is 20.1 Å². The average Bonchev–Trinajstić information content (AvgIpc) is 2.60. The zero-order valence-corrected chi connectivity index (χ0v) is 14.4. The van der Waals surface area contributed by atoms with E-state index in [0.717, 1.165) is 24.2 Å². The third kappa shape index (κ3) is 5.22. The molecule has 0 atom stereocenters. The minimum Gasteiger partial charge on any atom is -0.497 e. The number of methoxy groups -OCH3 is 1. The molecule has 0 aliphatic carbocycles. The third-order valence-corrected chi connectivity index (χ3v) is 3.52. The molecule has 0 unspecified atom stereocenters. The molecule has 1 aromatic heterocycles. The van der Waals surface area contributed by atoms with Crippen molar-refractivity contribution >= 4 is 11.7 Å². The summed E-state index contributed by atoms with van der Waals surface area (Å²) in [6.07, 6.45) is 2.00. The van der Waals surface area contributed by atoms with Gasteiger partial charge in [0.15, 0.2) is 0 Å². The Labute approximate surface area is 142 Å². The molecule has 0 spiro atoms. The van der Waals surface area contributed by atoms with E-state index in [0.29, 0.717) is 30.4 Å². The van der Waals surface area contributed by atoms with Gasteiger partial charge in [0.2, 0.25) is 0 Å². The Bertz CT molecular complexity index is 671. The maximum Gasteiger partial charge on any atom is 0.270 e. The maximum absolute atomic E-state index is 12.1. The van der Waals surface area contributed by atoms with Crippen LogP contribution in [0.2, 0.25) is 0 Å². The zero-order chi connectivity index (χ0) is 17.4. The number of anilines is 1. The second kappa shape index (κ2) is 8.86. The van der Waals surface area contributed by atoms with Gasteiger partial charge in [-0.3, -0.25) is 4.79 Å². The lowest BCUT2D eigenvalue weighted by molar-refractivity contribution is 0.0948. The number of unbranched alkanes of at least 4 members (excludes halogenated alkanes) is 1. The number of hydrogen-bond donors (Lipinski definition) is 2. The van der Waals surface area contributed by atoms with Gasteiger partial charge in [-0.15, -0.1) is 0 Å². The van der Waals surface area contributed by atoms with E-state index in [2.05, 4.69) is 27.5 Å². The summed E-state index contributed by atoms with van der Waals surface area (Å²) in [5.74, 6) is 1.86. The van der Waals surface area contributed by atoms with Gasteiger partial charge < -0.3 is 15.4 Å². The van der Waals surface area contributed by atoms with Crippen LogP contribution in [-0.2, 0) is 6.54 Å². The predicted molar refractivity (Wildman–Crippen MR) is 94.3 cm³/mol. The van der Waals surface area contributed by atoms with Gasteiger partial charge in [0.25, 0.3) is 5.91 Å². The van der Waals surface area contributed by atoms with E-state index in [-0.39, 0.29) is 5.91 Å². The van der Waals surface area contributed by atoms with Crippen LogP contribution in [-0.4, -0.2) is 29.5 Å². The van der Waals surface area contributed by atoms with E-state index >= 15 is 0 Å². The average molecular weight is 328 g/mol. The van der Waals surface area contributed by atoms with E-state index in [1.807, 2.05) is 24.3 Å². The Hall–Kier alpha value is -2.63. The maximum atomic E-state index is 12.1. The zero-order valence-electron chi connectivity index (χ0n) is 14.4. The quantitative estimate of drug-likeness (QED) is 0.729. The van der Waals surface area contributed by atoms with Crippen LogP contribution in [0.3, 0.4) is 0 Å². The molecule has 128 valence electrons. The molecule has 0 aliphatic heterocycles. The molecule has 0 saturated carbocycles. The minimum atomic E-state index is -0.165. The molecule has 2 aromatic rings. The van der Waals surface area contributed by atoms with Crippen LogP contribution in [0.5, 0.6) is 5.75 Å². The number of rotatable bonds is 8. The molecule has 0 bridgehead atoms. The van der Waals surface area contributed by atoms with Crippen LogP contribution in [0.4, 0.5) is 5.82 Å². The Balaban J connectivity index is 2.00. The Morgan fingerprint density at radius 3 is 2.62 bits per heavy atom. The molecule has 2 N–H and O–H groups in total. The van der Waals surface area contributed by atoms with Crippen LogP contribution in [0.1, 0.15) is 41.6 Å². The highest BCUT2D eigenvalue weighted by Gasteiger charge is 2.10. The summed E-state index contributed by atoms with van der Waals surface area (Å²) < 4.78 is 5.14. The fourth-order valence-electron chi connectivity index (χ4n) is 2.18. The predicted octanol–water partition coefficient (Wildman–Crippen LogP) is 2.94. The van der Waals surface area contributed by atoms with Crippen molar-refractivity contribution < 1.29 is 9.53 Å². The largest absolute Gasteiger partial charge is 0.497 e. The first-order valence-electron chi connectivity index (χ1n) is 8.13. The number of carbonyl (C=O) groups is 1. The molecule has 1 aromatic carbocycles. The first-order chi connectivity index (χ1) is 11.6. The Kier molecular flexibility index (Phi) is 6.54. The molecule has 24 heavy (non-hydrogen) atoms. The van der Waals surface area contributed by atoms with Gasteiger partial charge >= 0.3 is 0 Å². The number of aromatic nitrogens is 2. The summed E-state index contributed by atoms with van der Waals surface area (Å²) in [5, 5.41) is 6.10. The lowest BCUT2D eigenvalue weighted by Crippen LogP contribution is -2.25. The number of hydrogen-bond acceptors (Lipinski definition) is 5. The topological polar surface area (TPSA) is 76.1 Å². The van der Waals surface area contributed by atoms with Crippen molar-refractivity contribution in [3.63, 3.8) is 0 Å². The number of amides is 1. The standard InChI is InChI=1S/C18H24N4O2/c1-4-5-10-19-18(23)16-11-17(22-13(2)21-16)20-12-14-6-8-15(24-3)9-7-14/h6-9,11H,4-5,10,12H2,1-3H3,(H,19,23)(H,20,21,22). The number of carbonyl (C=O) groups excluding carboxylic acids is 1. The molecule has 1 amide bonds. The second-order valence-corrected chi connectivity index (χ2v) is 5.50. The van der Waals surface area contributed by atoms with Crippen LogP contribution in [0, 0.1) is 6.92 Å². The first kappa shape index (κ1) is 17.7. The third-order valence-electron chi connectivity index (χ3n) is 3.52.